The number of piperidine rings is 1. The number of sulfonamides is 1. The van der Waals surface area contributed by atoms with Gasteiger partial charge in [-0.25, -0.2) is 17.7 Å². The number of methoxy groups -OCH3 is 2. The average molecular weight is 477 g/mol. The molecule has 1 amide bonds. The van der Waals surface area contributed by atoms with Gasteiger partial charge in [0.2, 0.25) is 27.7 Å². The third-order valence-corrected chi connectivity index (χ3v) is 7.50. The Bertz CT molecular complexity index is 1200. The Balaban J connectivity index is 1.54. The van der Waals surface area contributed by atoms with Crippen molar-refractivity contribution in [1.82, 2.24) is 9.97 Å². The van der Waals surface area contributed by atoms with Crippen LogP contribution in [0.4, 0.5) is 10.8 Å². The van der Waals surface area contributed by atoms with Gasteiger partial charge in [0.1, 0.15) is 5.69 Å². The zero-order valence-corrected chi connectivity index (χ0v) is 19.6. The minimum Gasteiger partial charge on any atom is -0.481 e. The van der Waals surface area contributed by atoms with Crippen LogP contribution in [0.3, 0.4) is 0 Å². The summed E-state index contributed by atoms with van der Waals surface area (Å²) in [6.45, 7) is 1.23. The number of nitrogens with zero attached hydrogens (tertiary/aromatic N) is 4. The van der Waals surface area contributed by atoms with Crippen LogP contribution in [0.2, 0.25) is 0 Å². The first-order chi connectivity index (χ1) is 15.3. The van der Waals surface area contributed by atoms with E-state index in [0.717, 1.165) is 25.9 Å². The third kappa shape index (κ3) is 4.35. The summed E-state index contributed by atoms with van der Waals surface area (Å²) in [5.41, 5.74) is 1.03. The second-order valence-corrected chi connectivity index (χ2v) is 10.3. The van der Waals surface area contributed by atoms with Gasteiger partial charge in [0.05, 0.1) is 30.7 Å². The predicted molar refractivity (Wildman–Crippen MR) is 124 cm³/mol. The Kier molecular flexibility index (Phi) is 6.20. The lowest BCUT2D eigenvalue weighted by atomic mass is 9.96. The Morgan fingerprint density at radius 2 is 1.81 bits per heavy atom. The van der Waals surface area contributed by atoms with Crippen LogP contribution in [0.1, 0.15) is 12.8 Å². The largest absolute Gasteiger partial charge is 0.481 e. The molecule has 9 nitrogen and oxygen atoms in total. The molecule has 0 bridgehead atoms. The monoisotopic (exact) mass is 476 g/mol. The predicted octanol–water partition coefficient (Wildman–Crippen LogP) is 2.92. The highest BCUT2D eigenvalue weighted by Gasteiger charge is 2.36. The van der Waals surface area contributed by atoms with E-state index in [2.05, 4.69) is 14.9 Å². The van der Waals surface area contributed by atoms with E-state index >= 15 is 0 Å². The Morgan fingerprint density at radius 1 is 1.09 bits per heavy atom. The topological polar surface area (TPSA) is 102 Å². The molecule has 1 saturated heterocycles. The molecule has 0 spiro atoms. The number of fused-ring (bicyclic) bond motifs is 1. The van der Waals surface area contributed by atoms with E-state index in [1.807, 2.05) is 24.3 Å². The van der Waals surface area contributed by atoms with Crippen LogP contribution in [0.25, 0.3) is 10.2 Å². The molecular weight excluding hydrogens is 452 g/mol. The highest BCUT2D eigenvalue weighted by atomic mass is 32.2. The Labute approximate surface area is 190 Å². The van der Waals surface area contributed by atoms with Gasteiger partial charge in [0.25, 0.3) is 0 Å². The van der Waals surface area contributed by atoms with Gasteiger partial charge < -0.3 is 14.4 Å². The van der Waals surface area contributed by atoms with Crippen LogP contribution in [0.15, 0.2) is 36.4 Å². The van der Waals surface area contributed by atoms with Crippen molar-refractivity contribution in [1.29, 1.82) is 0 Å². The highest BCUT2D eigenvalue weighted by Crippen LogP contribution is 2.35. The molecular formula is C21H24N4O5S2. The molecule has 3 aromatic rings. The van der Waals surface area contributed by atoms with E-state index < -0.39 is 21.8 Å². The second-order valence-electron chi connectivity index (χ2n) is 7.47. The highest BCUT2D eigenvalue weighted by molar-refractivity contribution is 7.92. The molecule has 1 aromatic carbocycles. The van der Waals surface area contributed by atoms with Crippen molar-refractivity contribution < 1.29 is 22.7 Å². The summed E-state index contributed by atoms with van der Waals surface area (Å²) in [7, 11) is -1.09. The molecule has 2 aromatic heterocycles. The van der Waals surface area contributed by atoms with Gasteiger partial charge in [0, 0.05) is 25.1 Å². The van der Waals surface area contributed by atoms with Crippen molar-refractivity contribution in [2.75, 3.05) is 42.8 Å². The molecule has 0 atom stereocenters. The average Bonchev–Trinajstić information content (AvgIpc) is 3.23. The molecule has 0 unspecified atom stereocenters. The molecule has 0 aliphatic carbocycles. The fourth-order valence-electron chi connectivity index (χ4n) is 3.77. The number of hydrogen-bond donors (Lipinski definition) is 0. The van der Waals surface area contributed by atoms with Crippen LogP contribution < -0.4 is 18.7 Å². The molecule has 0 N–H and O–H groups in total. The SMILES string of the molecule is COc1ccc(N(C(=O)C2CCN(c3nc4ccccc4s3)CC2)S(C)(=O)=O)c(OC)n1. The lowest BCUT2D eigenvalue weighted by molar-refractivity contribution is -0.121. The first-order valence-electron chi connectivity index (χ1n) is 10.1. The van der Waals surface area contributed by atoms with Gasteiger partial charge in [0.15, 0.2) is 5.13 Å². The summed E-state index contributed by atoms with van der Waals surface area (Å²) in [5, 5.41) is 0.915. The maximum absolute atomic E-state index is 13.4. The van der Waals surface area contributed by atoms with Gasteiger partial charge >= 0.3 is 0 Å². The number of benzene rings is 1. The normalized spacial score (nSPS) is 15.0. The second kappa shape index (κ2) is 8.91. The summed E-state index contributed by atoms with van der Waals surface area (Å²) >= 11 is 1.62. The fraction of sp³-hybridized carbons (Fsp3) is 0.381. The van der Waals surface area contributed by atoms with Crippen LogP contribution in [-0.4, -0.2) is 57.9 Å². The van der Waals surface area contributed by atoms with Crippen LogP contribution in [0, 0.1) is 5.92 Å². The molecule has 0 radical (unpaired) electrons. The van der Waals surface area contributed by atoms with Crippen LogP contribution >= 0.6 is 11.3 Å². The summed E-state index contributed by atoms with van der Waals surface area (Å²) in [5.74, 6) is -0.658. The maximum atomic E-state index is 13.4. The van der Waals surface area contributed by atoms with E-state index in [9.17, 15) is 13.2 Å². The minimum atomic E-state index is -3.90. The maximum Gasteiger partial charge on any atom is 0.244 e. The van der Waals surface area contributed by atoms with Crippen molar-refractivity contribution in [2.45, 2.75) is 12.8 Å². The summed E-state index contributed by atoms with van der Waals surface area (Å²) in [6, 6.07) is 10.9. The molecule has 1 aliphatic rings. The number of para-hydroxylation sites is 1. The number of ether oxygens (including phenoxy) is 2. The lowest BCUT2D eigenvalue weighted by Crippen LogP contribution is -2.45. The van der Waals surface area contributed by atoms with E-state index in [1.165, 1.54) is 26.4 Å². The number of hydrogen-bond acceptors (Lipinski definition) is 9. The molecule has 1 fully saturated rings. The van der Waals surface area contributed by atoms with Gasteiger partial charge in [-0.05, 0) is 31.0 Å². The molecule has 4 rings (SSSR count). The molecule has 1 aliphatic heterocycles. The van der Waals surface area contributed by atoms with Gasteiger partial charge in [-0.3, -0.25) is 4.79 Å². The molecule has 170 valence electrons. The van der Waals surface area contributed by atoms with E-state index in [1.54, 1.807) is 11.3 Å². The van der Waals surface area contributed by atoms with Crippen LogP contribution in [0.5, 0.6) is 11.8 Å². The molecule has 3 heterocycles. The van der Waals surface area contributed by atoms with Crippen molar-refractivity contribution in [3.05, 3.63) is 36.4 Å². The van der Waals surface area contributed by atoms with Crippen molar-refractivity contribution in [3.8, 4) is 11.8 Å². The van der Waals surface area contributed by atoms with Crippen LogP contribution in [-0.2, 0) is 14.8 Å². The number of aromatic nitrogens is 2. The quantitative estimate of drug-likeness (QED) is 0.535. The first-order valence-corrected chi connectivity index (χ1v) is 12.7. The zero-order valence-electron chi connectivity index (χ0n) is 18.0. The summed E-state index contributed by atoms with van der Waals surface area (Å²) in [4.78, 5) is 24.3. The standard InChI is InChI=1S/C21H24N4O5S2/c1-29-18-9-8-16(19(23-18)30-2)25(32(3,27)28)20(26)14-10-12-24(13-11-14)21-22-15-6-4-5-7-17(15)31-21/h4-9,14H,10-13H2,1-3H3. The first kappa shape index (κ1) is 22.3. The number of carbonyl (C=O) groups excluding carboxylic acids is 1. The summed E-state index contributed by atoms with van der Waals surface area (Å²) in [6.07, 6.45) is 2.05. The Hall–Kier alpha value is -2.92. The van der Waals surface area contributed by atoms with Gasteiger partial charge in [-0.15, -0.1) is 0 Å². The Morgan fingerprint density at radius 3 is 2.44 bits per heavy atom. The van der Waals surface area contributed by atoms with Crippen molar-refractivity contribution in [3.63, 3.8) is 0 Å². The number of carbonyl (C=O) groups is 1. The number of amides is 1. The number of thiazole rings is 1. The van der Waals surface area contributed by atoms with Crippen molar-refractivity contribution >= 4 is 48.3 Å². The van der Waals surface area contributed by atoms with Crippen molar-refractivity contribution in [2.24, 2.45) is 5.92 Å². The van der Waals surface area contributed by atoms with E-state index in [0.29, 0.717) is 25.9 Å². The number of anilines is 2. The summed E-state index contributed by atoms with van der Waals surface area (Å²) < 4.78 is 37.4. The number of rotatable bonds is 6. The van der Waals surface area contributed by atoms with E-state index in [4.69, 9.17) is 9.47 Å². The molecule has 0 saturated carbocycles. The lowest BCUT2D eigenvalue weighted by Gasteiger charge is -2.33. The van der Waals surface area contributed by atoms with Gasteiger partial charge in [-0.2, -0.15) is 4.98 Å². The zero-order chi connectivity index (χ0) is 22.9. The van der Waals surface area contributed by atoms with E-state index in [-0.39, 0.29) is 17.4 Å². The third-order valence-electron chi connectivity index (χ3n) is 5.37. The fourth-order valence-corrected chi connectivity index (χ4v) is 5.76. The number of pyridine rings is 1. The molecule has 32 heavy (non-hydrogen) atoms. The minimum absolute atomic E-state index is 0.00929. The smallest absolute Gasteiger partial charge is 0.244 e. The molecule has 11 heteroatoms. The van der Waals surface area contributed by atoms with Gasteiger partial charge in [-0.1, -0.05) is 23.5 Å².